The summed E-state index contributed by atoms with van der Waals surface area (Å²) < 4.78 is 8.13. The van der Waals surface area contributed by atoms with E-state index in [2.05, 4.69) is 100 Å². The number of hydrogen-bond donors (Lipinski definition) is 0. The minimum Gasteiger partial charge on any atom is -0.373 e. The van der Waals surface area contributed by atoms with Gasteiger partial charge in [-0.05, 0) is 23.0 Å². The Kier molecular flexibility index (Phi) is 12.3. The molecular weight excluding hydrogens is 559 g/mol. The average molecular weight is 605 g/mol. The second kappa shape index (κ2) is 14.3. The summed E-state index contributed by atoms with van der Waals surface area (Å²) in [5, 5.41) is 8.84. The van der Waals surface area contributed by atoms with Crippen molar-refractivity contribution in [3.8, 4) is 22.5 Å². The molecule has 5 nitrogen and oxygen atoms in total. The summed E-state index contributed by atoms with van der Waals surface area (Å²) in [6, 6.07) is 16.9. The Hall–Kier alpha value is -1.69. The second-order valence-electron chi connectivity index (χ2n) is 12.4. The van der Waals surface area contributed by atoms with Crippen LogP contribution in [0.4, 0.5) is 0 Å². The number of carbonyl (C=O) groups excluding carboxylic acids is 1. The average Bonchev–Trinajstić information content (AvgIpc) is 3.27. The predicted octanol–water partition coefficient (Wildman–Crippen LogP) is 7.96. The Bertz CT molecular complexity index is 1220. The Labute approximate surface area is 261 Å². The largest absolute Gasteiger partial charge is 0.373 e. The van der Waals surface area contributed by atoms with E-state index >= 15 is 0 Å². The zero-order valence-corrected chi connectivity index (χ0v) is 27.8. The third-order valence-electron chi connectivity index (χ3n) is 6.68. The molecule has 1 heterocycles. The van der Waals surface area contributed by atoms with Gasteiger partial charge in [0.2, 0.25) is 0 Å². The Morgan fingerprint density at radius 2 is 1.67 bits per heavy atom. The maximum Gasteiger partial charge on any atom is 0.121 e. The number of benzene rings is 2. The van der Waals surface area contributed by atoms with Gasteiger partial charge in [-0.25, -0.2) is 0 Å². The van der Waals surface area contributed by atoms with E-state index in [0.29, 0.717) is 6.54 Å². The molecule has 2 unspecified atom stereocenters. The van der Waals surface area contributed by atoms with Crippen molar-refractivity contribution in [3.05, 3.63) is 73.5 Å². The maximum absolute atomic E-state index is 11.8. The van der Waals surface area contributed by atoms with E-state index in [0.717, 1.165) is 48.4 Å². The molecule has 0 saturated carbocycles. The number of ketones is 1. The molecule has 1 aromatic heterocycles. The molecular formula is C33H45N3O2Y-2. The van der Waals surface area contributed by atoms with Crippen LogP contribution in [0.3, 0.4) is 0 Å². The van der Waals surface area contributed by atoms with E-state index in [9.17, 15) is 4.79 Å². The van der Waals surface area contributed by atoms with Gasteiger partial charge in [0, 0.05) is 62.3 Å². The molecule has 2 aromatic carbocycles. The summed E-state index contributed by atoms with van der Waals surface area (Å²) in [6.07, 6.45) is 2.73. The van der Waals surface area contributed by atoms with Gasteiger partial charge in [-0.1, -0.05) is 115 Å². The van der Waals surface area contributed by atoms with Crippen molar-refractivity contribution in [1.29, 1.82) is 0 Å². The molecule has 0 bridgehead atoms. The Balaban J connectivity index is 0.000000328. The summed E-state index contributed by atoms with van der Waals surface area (Å²) in [6.45, 7) is 23.7. The number of nitrogens with zero attached hydrogens (tertiary/aromatic N) is 3. The molecule has 0 spiro atoms. The van der Waals surface area contributed by atoms with Crippen LogP contribution >= 0.6 is 0 Å². The fourth-order valence-electron chi connectivity index (χ4n) is 5.00. The van der Waals surface area contributed by atoms with Crippen LogP contribution in [-0.2, 0) is 55.2 Å². The minimum atomic E-state index is -0.252. The Morgan fingerprint density at radius 1 is 1.05 bits per heavy atom. The van der Waals surface area contributed by atoms with E-state index in [1.54, 1.807) is 0 Å². The molecule has 4 rings (SSSR count). The summed E-state index contributed by atoms with van der Waals surface area (Å²) in [4.78, 5) is 11.8. The van der Waals surface area contributed by atoms with Gasteiger partial charge in [0.05, 0.1) is 11.8 Å². The zero-order valence-electron chi connectivity index (χ0n) is 25.0. The molecule has 0 N–H and O–H groups in total. The molecule has 2 atom stereocenters. The SMILES string of the molecule is [CH2-]C(CC(C)(C)C)C(=O)C(C)(C)C.[CH2-]Cn1nnc2c1-c1ccccc1C(OCCC)Cc1ccccc1-2.[Y]. The van der Waals surface area contributed by atoms with Gasteiger partial charge in [-0.15, -0.1) is 11.0 Å². The second-order valence-corrected chi connectivity index (χ2v) is 12.4. The van der Waals surface area contributed by atoms with Crippen molar-refractivity contribution >= 4 is 5.78 Å². The third kappa shape index (κ3) is 8.65. The molecule has 1 radical (unpaired) electrons. The van der Waals surface area contributed by atoms with Gasteiger partial charge in [-0.2, -0.15) is 0 Å². The fraction of sp³-hybridized carbons (Fsp3) is 0.485. The molecule has 0 saturated heterocycles. The van der Waals surface area contributed by atoms with Crippen LogP contribution in [0.1, 0.15) is 78.5 Å². The number of carbonyl (C=O) groups is 1. The number of aromatic nitrogens is 3. The van der Waals surface area contributed by atoms with Crippen LogP contribution in [0.2, 0.25) is 0 Å². The van der Waals surface area contributed by atoms with E-state index in [1.807, 2.05) is 25.5 Å². The number of fused-ring (bicyclic) bond motifs is 5. The predicted molar refractivity (Wildman–Crippen MR) is 156 cm³/mol. The first kappa shape index (κ1) is 33.5. The number of ether oxygens (including phenoxy) is 1. The van der Waals surface area contributed by atoms with Crippen molar-refractivity contribution < 1.29 is 42.2 Å². The monoisotopic (exact) mass is 604 g/mol. The number of hydrogen-bond acceptors (Lipinski definition) is 4. The first-order valence-electron chi connectivity index (χ1n) is 13.8. The van der Waals surface area contributed by atoms with Crippen LogP contribution in [0.15, 0.2) is 48.5 Å². The maximum atomic E-state index is 11.8. The molecule has 6 heteroatoms. The molecule has 39 heavy (non-hydrogen) atoms. The smallest absolute Gasteiger partial charge is 0.121 e. The number of Topliss-reactive ketones (excluding diaryl/α,β-unsaturated/α-hetero) is 1. The van der Waals surface area contributed by atoms with Gasteiger partial charge < -0.3 is 23.4 Å². The molecule has 0 aliphatic heterocycles. The van der Waals surface area contributed by atoms with Gasteiger partial charge >= 0.3 is 0 Å². The summed E-state index contributed by atoms with van der Waals surface area (Å²) in [5.74, 6) is 0.197. The minimum absolute atomic E-state index is 0. The topological polar surface area (TPSA) is 57.0 Å². The van der Waals surface area contributed by atoms with Crippen molar-refractivity contribution in [1.82, 2.24) is 15.0 Å². The van der Waals surface area contributed by atoms with Crippen molar-refractivity contribution in [2.45, 2.75) is 80.4 Å². The van der Waals surface area contributed by atoms with E-state index in [-0.39, 0.29) is 61.3 Å². The van der Waals surface area contributed by atoms with Gasteiger partial charge in [0.1, 0.15) is 11.5 Å². The van der Waals surface area contributed by atoms with Crippen LogP contribution in [0, 0.1) is 30.6 Å². The molecule has 1 aliphatic rings. The van der Waals surface area contributed by atoms with E-state index in [1.165, 1.54) is 11.1 Å². The summed E-state index contributed by atoms with van der Waals surface area (Å²) >= 11 is 0. The van der Waals surface area contributed by atoms with Crippen LogP contribution in [0.5, 0.6) is 0 Å². The molecule has 209 valence electrons. The number of rotatable bonds is 6. The van der Waals surface area contributed by atoms with Gasteiger partial charge in [0.15, 0.2) is 0 Å². The first-order chi connectivity index (χ1) is 17.9. The fourth-order valence-corrected chi connectivity index (χ4v) is 5.00. The summed E-state index contributed by atoms with van der Waals surface area (Å²) in [7, 11) is 0. The third-order valence-corrected chi connectivity index (χ3v) is 6.68. The van der Waals surface area contributed by atoms with Crippen molar-refractivity contribution in [3.63, 3.8) is 0 Å². The van der Waals surface area contributed by atoms with Crippen molar-refractivity contribution in [2.75, 3.05) is 6.61 Å². The van der Waals surface area contributed by atoms with Gasteiger partial charge in [-0.3, -0.25) is 4.68 Å². The van der Waals surface area contributed by atoms with E-state index in [4.69, 9.17) is 4.74 Å². The van der Waals surface area contributed by atoms with Crippen molar-refractivity contribution in [2.24, 2.45) is 16.7 Å². The first-order valence-corrected chi connectivity index (χ1v) is 13.8. The van der Waals surface area contributed by atoms with Crippen LogP contribution < -0.4 is 0 Å². The normalized spacial score (nSPS) is 15.3. The molecule has 1 aliphatic carbocycles. The summed E-state index contributed by atoms with van der Waals surface area (Å²) in [5.41, 5.74) is 6.62. The molecule has 0 fully saturated rings. The standard InChI is InChI=1S/C21H22N3O.C12H23O.Y/c1-3-13-25-19-14-15-9-5-6-10-16(15)20-21(24(4-2)23-22-20)18-12-8-7-11-17(18)19;1-9(8-11(2,3)4)10(13)12(5,6)7;/h5-12,19H,2-4,13-14H2,1H3;9H,1,8H2,2-7H3;/q2*-1;. The van der Waals surface area contributed by atoms with Crippen LogP contribution in [-0.4, -0.2) is 27.4 Å². The Morgan fingerprint density at radius 3 is 2.26 bits per heavy atom. The molecule has 3 aromatic rings. The van der Waals surface area contributed by atoms with Crippen LogP contribution in [0.25, 0.3) is 22.5 Å². The molecule has 0 amide bonds. The quantitative estimate of drug-likeness (QED) is 0.268. The van der Waals surface area contributed by atoms with E-state index < -0.39 is 0 Å². The zero-order chi connectivity index (χ0) is 28.1. The van der Waals surface area contributed by atoms with Gasteiger partial charge in [0.25, 0.3) is 0 Å².